The van der Waals surface area contributed by atoms with Gasteiger partial charge in [-0.05, 0) is 90.5 Å². The van der Waals surface area contributed by atoms with Crippen molar-refractivity contribution in [2.75, 3.05) is 0 Å². The van der Waals surface area contributed by atoms with E-state index in [0.29, 0.717) is 61.4 Å². The first-order valence-electron chi connectivity index (χ1n) is 17.9. The third-order valence-electron chi connectivity index (χ3n) is 9.66. The number of hydrogen-bond acceptors (Lipinski definition) is 4. The lowest BCUT2D eigenvalue weighted by atomic mass is 10.0. The zero-order valence-electron chi connectivity index (χ0n) is 30.3. The van der Waals surface area contributed by atoms with E-state index < -0.39 is 75.0 Å². The van der Waals surface area contributed by atoms with Crippen LogP contribution in [0.5, 0.6) is 5.75 Å². The molecule has 2 aliphatic rings. The number of halogens is 9. The molecule has 60 heavy (non-hydrogen) atoms. The second kappa shape index (κ2) is 15.3. The Morgan fingerprint density at radius 2 is 1.00 bits per heavy atom. The number of rotatable bonds is 7. The Bertz CT molecular complexity index is 3070. The molecule has 0 unspecified atom stereocenters. The minimum atomic E-state index is -2.27. The first kappa shape index (κ1) is 38.5. The van der Waals surface area contributed by atoms with Crippen LogP contribution in [-0.2, 0) is 6.61 Å². The van der Waals surface area contributed by atoms with Crippen molar-refractivity contribution in [1.82, 2.24) is 19.9 Å². The highest BCUT2D eigenvalue weighted by Crippen LogP contribution is 2.42. The van der Waals surface area contributed by atoms with Gasteiger partial charge in [0, 0.05) is 38.1 Å². The lowest BCUT2D eigenvalue weighted by molar-refractivity contribution is 0.279. The average molecular weight is 839 g/mol. The summed E-state index contributed by atoms with van der Waals surface area (Å²) in [6.45, 7) is -0.934. The molecule has 9 rings (SSSR count). The number of benzene rings is 4. The number of hydrogen-bond donors (Lipinski definition) is 2. The Kier molecular flexibility index (Phi) is 9.83. The predicted molar refractivity (Wildman–Crippen MR) is 211 cm³/mol. The summed E-state index contributed by atoms with van der Waals surface area (Å²) < 4.78 is 139. The Labute approximate surface area is 337 Å². The van der Waals surface area contributed by atoms with Crippen molar-refractivity contribution in [2.24, 2.45) is 0 Å². The van der Waals surface area contributed by atoms with Crippen molar-refractivity contribution >= 4 is 58.1 Å². The monoisotopic (exact) mass is 838 g/mol. The third-order valence-corrected chi connectivity index (χ3v) is 10.7. The largest absolute Gasteiger partial charge is 0.489 e. The molecule has 2 N–H and O–H groups in total. The first-order chi connectivity index (χ1) is 28.9. The minimum Gasteiger partial charge on any atom is -0.489 e. The van der Waals surface area contributed by atoms with Gasteiger partial charge in [0.05, 0.1) is 38.8 Å². The molecule has 0 fully saturated rings. The zero-order valence-corrected chi connectivity index (χ0v) is 31.1. The van der Waals surface area contributed by atoms with E-state index in [2.05, 4.69) is 15.0 Å². The van der Waals surface area contributed by atoms with Crippen molar-refractivity contribution in [3.63, 3.8) is 0 Å². The van der Waals surface area contributed by atoms with Gasteiger partial charge in [0.15, 0.2) is 46.5 Å². The van der Waals surface area contributed by atoms with E-state index in [1.165, 1.54) is 24.3 Å². The van der Waals surface area contributed by atoms with E-state index in [4.69, 9.17) is 9.72 Å². The fourth-order valence-corrected chi connectivity index (χ4v) is 7.70. The van der Waals surface area contributed by atoms with Gasteiger partial charge >= 0.3 is 0 Å². The molecule has 0 atom stereocenters. The highest BCUT2D eigenvalue weighted by atomic mass is 32.2. The van der Waals surface area contributed by atoms with E-state index in [1.54, 1.807) is 91.0 Å². The third kappa shape index (κ3) is 6.89. The quantitative estimate of drug-likeness (QED) is 0.0953. The lowest BCUT2D eigenvalue weighted by Gasteiger charge is -2.13. The predicted octanol–water partition coefficient (Wildman–Crippen LogP) is 13.0. The van der Waals surface area contributed by atoms with Gasteiger partial charge in [-0.15, -0.1) is 0 Å². The van der Waals surface area contributed by atoms with Crippen molar-refractivity contribution in [2.45, 2.75) is 16.4 Å². The van der Waals surface area contributed by atoms with Crippen LogP contribution in [0.15, 0.2) is 101 Å². The number of aromatic nitrogens is 4. The van der Waals surface area contributed by atoms with Gasteiger partial charge in [-0.25, -0.2) is 49.5 Å². The van der Waals surface area contributed by atoms with Gasteiger partial charge in [0.25, 0.3) is 0 Å². The number of nitrogens with zero attached hydrogens (tertiary/aromatic N) is 2. The highest BCUT2D eigenvalue weighted by molar-refractivity contribution is 7.99. The second-order valence-corrected chi connectivity index (χ2v) is 14.5. The second-order valence-electron chi connectivity index (χ2n) is 13.4. The molecule has 4 aromatic carbocycles. The molecule has 5 heterocycles. The van der Waals surface area contributed by atoms with Gasteiger partial charge in [-0.2, -0.15) is 0 Å². The van der Waals surface area contributed by atoms with E-state index in [-0.39, 0.29) is 22.5 Å². The Balaban J connectivity index is 1.15. The van der Waals surface area contributed by atoms with E-state index in [9.17, 15) is 22.0 Å². The number of nitrogens with one attached hydrogen (secondary N) is 2. The van der Waals surface area contributed by atoms with Gasteiger partial charge in [0.2, 0.25) is 5.82 Å². The number of H-pyrrole nitrogens is 2. The minimum absolute atomic E-state index is 0.0250. The van der Waals surface area contributed by atoms with Crippen molar-refractivity contribution < 1.29 is 44.3 Å². The smallest absolute Gasteiger partial charge is 0.200 e. The SMILES string of the molecule is Fc1c(F)c(F)c(COc2ccc(-c3c4nc(cc5ccc([nH]5)c(-c5c(F)c(F)c(Sc6ccccc6)c(F)c5F)c5nc(cc6ccc3[nH]6)C=C5)C=C4)cc2)c(F)c1F. The normalized spacial score (nSPS) is 12.1. The summed E-state index contributed by atoms with van der Waals surface area (Å²) in [6, 6.07) is 24.2. The van der Waals surface area contributed by atoms with Crippen LogP contribution < -0.4 is 4.74 Å². The fourth-order valence-electron chi connectivity index (χ4n) is 6.82. The maximum Gasteiger partial charge on any atom is 0.200 e. The molecule has 2 aliphatic heterocycles. The summed E-state index contributed by atoms with van der Waals surface area (Å²) in [5.74, 6) is -16.6. The van der Waals surface area contributed by atoms with Crippen LogP contribution in [0.25, 0.3) is 68.6 Å². The number of ether oxygens (including phenoxy) is 1. The molecule has 0 amide bonds. The van der Waals surface area contributed by atoms with E-state index >= 15 is 17.6 Å². The van der Waals surface area contributed by atoms with E-state index in [1.807, 2.05) is 0 Å². The summed E-state index contributed by atoms with van der Waals surface area (Å²) in [5.41, 5.74) is 1.91. The Morgan fingerprint density at radius 3 is 1.57 bits per heavy atom. The molecule has 3 aromatic heterocycles. The maximum absolute atomic E-state index is 16.1. The zero-order chi connectivity index (χ0) is 41.8. The molecule has 0 saturated carbocycles. The standard InChI is InChI=1S/C45H23F9N4OS/c46-36-28(37(47)41(51)42(52)40(36)50)20-59-26-12-6-21(7-13-26)33-29-14-8-22(55-29)18-24-10-16-31(57-24)34(32-17-11-25(58-32)19-23-9-15-30(33)56-23)35-38(48)43(53)45(44(54)39(35)49)60-27-4-2-1-3-5-27/h1-19,55,58H,20H2. The summed E-state index contributed by atoms with van der Waals surface area (Å²) >= 11 is 0.558. The molecular weight excluding hydrogens is 816 g/mol. The van der Waals surface area contributed by atoms with Crippen molar-refractivity contribution in [3.05, 3.63) is 172 Å². The van der Waals surface area contributed by atoms with Crippen molar-refractivity contribution in [1.29, 1.82) is 0 Å². The Morgan fingerprint density at radius 1 is 0.483 bits per heavy atom. The highest BCUT2D eigenvalue weighted by Gasteiger charge is 2.30. The molecule has 298 valence electrons. The lowest BCUT2D eigenvalue weighted by Crippen LogP contribution is -2.09. The topological polar surface area (TPSA) is 66.6 Å². The summed E-state index contributed by atoms with van der Waals surface area (Å²) in [5, 5.41) is 0. The van der Waals surface area contributed by atoms with Gasteiger partial charge in [-0.1, -0.05) is 42.1 Å². The van der Waals surface area contributed by atoms with Crippen LogP contribution in [0, 0.1) is 52.4 Å². The number of fused-ring (bicyclic) bond motifs is 8. The number of aromatic amines is 2. The van der Waals surface area contributed by atoms with Gasteiger partial charge in [-0.3, -0.25) is 0 Å². The molecule has 15 heteroatoms. The summed E-state index contributed by atoms with van der Waals surface area (Å²) in [6.07, 6.45) is 6.52. The Hall–Kier alpha value is -7.00. The van der Waals surface area contributed by atoms with Crippen molar-refractivity contribution in [3.8, 4) is 28.0 Å². The molecular formula is C45H23F9N4OS. The molecule has 8 bridgehead atoms. The van der Waals surface area contributed by atoms with Crippen LogP contribution in [-0.4, -0.2) is 19.9 Å². The van der Waals surface area contributed by atoms with Crippen LogP contribution >= 0.6 is 11.8 Å². The average Bonchev–Trinajstić information content (AvgIpc) is 4.10. The van der Waals surface area contributed by atoms with Crippen LogP contribution in [0.2, 0.25) is 0 Å². The maximum atomic E-state index is 16.1. The summed E-state index contributed by atoms with van der Waals surface area (Å²) in [4.78, 5) is 15.3. The first-order valence-corrected chi connectivity index (χ1v) is 18.7. The van der Waals surface area contributed by atoms with Crippen LogP contribution in [0.1, 0.15) is 28.3 Å². The molecule has 0 saturated heterocycles. The summed E-state index contributed by atoms with van der Waals surface area (Å²) in [7, 11) is 0. The van der Waals surface area contributed by atoms with Gasteiger partial charge in [0.1, 0.15) is 12.4 Å². The van der Waals surface area contributed by atoms with Crippen LogP contribution in [0.4, 0.5) is 39.5 Å². The molecule has 7 aromatic rings. The van der Waals surface area contributed by atoms with E-state index in [0.717, 1.165) is 0 Å². The van der Waals surface area contributed by atoms with Crippen LogP contribution in [0.3, 0.4) is 0 Å². The molecule has 5 nitrogen and oxygen atoms in total. The molecule has 0 spiro atoms. The molecule has 0 aliphatic carbocycles. The fraction of sp³-hybridized carbons (Fsp3) is 0.0222. The van der Waals surface area contributed by atoms with Gasteiger partial charge < -0.3 is 14.7 Å². The molecule has 0 radical (unpaired) electrons.